The maximum Gasteiger partial charge on any atom is 0.220 e. The van der Waals surface area contributed by atoms with Crippen molar-refractivity contribution in [2.45, 2.75) is 238 Å². The molecule has 2 unspecified atom stereocenters. The summed E-state index contributed by atoms with van der Waals surface area (Å²) in [6.07, 6.45) is 73.9. The second-order valence-corrected chi connectivity index (χ2v) is 16.5. The van der Waals surface area contributed by atoms with Gasteiger partial charge in [-0.3, -0.25) is 4.79 Å². The third-order valence-electron chi connectivity index (χ3n) is 10.8. The predicted molar refractivity (Wildman–Crippen MR) is 262 cm³/mol. The zero-order valence-electron chi connectivity index (χ0n) is 38.7. The van der Waals surface area contributed by atoms with E-state index in [1.807, 2.05) is 6.08 Å². The van der Waals surface area contributed by atoms with E-state index in [1.165, 1.54) is 135 Å². The van der Waals surface area contributed by atoms with Gasteiger partial charge in [0.1, 0.15) is 0 Å². The summed E-state index contributed by atoms with van der Waals surface area (Å²) < 4.78 is 0. The Morgan fingerprint density at radius 1 is 0.424 bits per heavy atom. The SMILES string of the molecule is CC/C=C\C/C=C\C/C=C\C/C=C\C/C=C\CCCCCCCCCCCCCCCCCC(=O)NC(CO)C(O)/C=C/CC/C=C/CC/C=C/CCCCCCCC. The van der Waals surface area contributed by atoms with E-state index in [0.29, 0.717) is 6.42 Å². The van der Waals surface area contributed by atoms with E-state index in [4.69, 9.17) is 0 Å². The highest BCUT2D eigenvalue weighted by Gasteiger charge is 2.17. The van der Waals surface area contributed by atoms with Gasteiger partial charge in [-0.05, 0) is 89.9 Å². The lowest BCUT2D eigenvalue weighted by molar-refractivity contribution is -0.123. The molecule has 0 aliphatic carbocycles. The van der Waals surface area contributed by atoms with Gasteiger partial charge in [0.15, 0.2) is 0 Å². The summed E-state index contributed by atoms with van der Waals surface area (Å²) in [7, 11) is 0. The molecule has 4 heteroatoms. The smallest absolute Gasteiger partial charge is 0.220 e. The molecule has 0 bridgehead atoms. The number of rotatable bonds is 44. The maximum absolute atomic E-state index is 12.4. The number of nitrogens with one attached hydrogen (secondary N) is 1. The molecule has 0 heterocycles. The van der Waals surface area contributed by atoms with E-state index in [1.54, 1.807) is 6.08 Å². The fourth-order valence-corrected chi connectivity index (χ4v) is 7.00. The van der Waals surface area contributed by atoms with E-state index in [9.17, 15) is 15.0 Å². The Kier molecular flexibility index (Phi) is 47.4. The molecule has 3 N–H and O–H groups in total. The van der Waals surface area contributed by atoms with Gasteiger partial charge in [-0.25, -0.2) is 0 Å². The number of aliphatic hydroxyl groups is 2. The molecule has 0 rings (SSSR count). The maximum atomic E-state index is 12.4. The molecule has 0 aromatic carbocycles. The molecule has 1 amide bonds. The van der Waals surface area contributed by atoms with Crippen LogP contribution in [0.2, 0.25) is 0 Å². The van der Waals surface area contributed by atoms with Crippen LogP contribution in [0.1, 0.15) is 226 Å². The van der Waals surface area contributed by atoms with Crippen LogP contribution in [0.4, 0.5) is 0 Å². The fourth-order valence-electron chi connectivity index (χ4n) is 7.00. The van der Waals surface area contributed by atoms with Gasteiger partial charge in [-0.1, -0.05) is 227 Å². The van der Waals surface area contributed by atoms with Crippen LogP contribution in [0, 0.1) is 0 Å². The molecule has 338 valence electrons. The van der Waals surface area contributed by atoms with E-state index >= 15 is 0 Å². The first-order valence-corrected chi connectivity index (χ1v) is 25.0. The van der Waals surface area contributed by atoms with E-state index in [2.05, 4.69) is 104 Å². The van der Waals surface area contributed by atoms with Crippen molar-refractivity contribution in [2.24, 2.45) is 0 Å². The van der Waals surface area contributed by atoms with Crippen molar-refractivity contribution >= 4 is 5.91 Å². The van der Waals surface area contributed by atoms with Crippen molar-refractivity contribution in [3.8, 4) is 0 Å². The van der Waals surface area contributed by atoms with Gasteiger partial charge >= 0.3 is 0 Å². The molecule has 59 heavy (non-hydrogen) atoms. The Balaban J connectivity index is 3.57. The summed E-state index contributed by atoms with van der Waals surface area (Å²) in [6.45, 7) is 4.16. The average Bonchev–Trinajstić information content (AvgIpc) is 3.24. The summed E-state index contributed by atoms with van der Waals surface area (Å²) >= 11 is 0. The molecule has 0 saturated carbocycles. The monoisotopic (exact) mass is 818 g/mol. The number of hydrogen-bond donors (Lipinski definition) is 3. The predicted octanol–water partition coefficient (Wildman–Crippen LogP) is 16.2. The van der Waals surface area contributed by atoms with Crippen LogP contribution >= 0.6 is 0 Å². The number of hydrogen-bond acceptors (Lipinski definition) is 3. The first-order chi connectivity index (χ1) is 29.2. The number of amides is 1. The molecule has 4 nitrogen and oxygen atoms in total. The third kappa shape index (κ3) is 46.2. The Morgan fingerprint density at radius 2 is 0.763 bits per heavy atom. The summed E-state index contributed by atoms with van der Waals surface area (Å²) in [6, 6.07) is -0.650. The summed E-state index contributed by atoms with van der Waals surface area (Å²) in [5, 5.41) is 23.0. The van der Waals surface area contributed by atoms with Crippen LogP contribution in [-0.2, 0) is 4.79 Å². The lowest BCUT2D eigenvalue weighted by Crippen LogP contribution is -2.45. The van der Waals surface area contributed by atoms with Crippen molar-refractivity contribution in [2.75, 3.05) is 6.61 Å². The van der Waals surface area contributed by atoms with E-state index in [-0.39, 0.29) is 12.5 Å². The van der Waals surface area contributed by atoms with Gasteiger partial charge in [0.25, 0.3) is 0 Å². The number of carbonyl (C=O) groups is 1. The lowest BCUT2D eigenvalue weighted by Gasteiger charge is -2.19. The van der Waals surface area contributed by atoms with Gasteiger partial charge in [0.2, 0.25) is 5.91 Å². The minimum absolute atomic E-state index is 0.0817. The molecule has 0 aromatic heterocycles. The van der Waals surface area contributed by atoms with Gasteiger partial charge < -0.3 is 15.5 Å². The molecule has 0 saturated heterocycles. The van der Waals surface area contributed by atoms with Crippen molar-refractivity contribution in [3.05, 3.63) is 97.2 Å². The fraction of sp³-hybridized carbons (Fsp3) is 0.691. The molecular weight excluding hydrogens is 723 g/mol. The highest BCUT2D eigenvalue weighted by molar-refractivity contribution is 5.76. The Bertz CT molecular complexity index is 1110. The van der Waals surface area contributed by atoms with Crippen molar-refractivity contribution < 1.29 is 15.0 Å². The van der Waals surface area contributed by atoms with E-state index in [0.717, 1.165) is 70.6 Å². The quantitative estimate of drug-likeness (QED) is 0.0424. The van der Waals surface area contributed by atoms with Crippen molar-refractivity contribution in [3.63, 3.8) is 0 Å². The highest BCUT2D eigenvalue weighted by Crippen LogP contribution is 2.15. The minimum atomic E-state index is -0.874. The van der Waals surface area contributed by atoms with Crippen LogP contribution < -0.4 is 5.32 Å². The van der Waals surface area contributed by atoms with Gasteiger partial charge in [-0.2, -0.15) is 0 Å². The molecule has 0 spiro atoms. The molecule has 0 aliphatic rings. The molecule has 0 radical (unpaired) electrons. The number of aliphatic hydroxyl groups excluding tert-OH is 2. The molecule has 0 aromatic rings. The van der Waals surface area contributed by atoms with Crippen LogP contribution in [0.3, 0.4) is 0 Å². The zero-order valence-corrected chi connectivity index (χ0v) is 38.7. The topological polar surface area (TPSA) is 69.6 Å². The van der Waals surface area contributed by atoms with Gasteiger partial charge in [-0.15, -0.1) is 0 Å². The average molecular weight is 818 g/mol. The van der Waals surface area contributed by atoms with Gasteiger partial charge in [0.05, 0.1) is 18.8 Å². The first kappa shape index (κ1) is 56.3. The highest BCUT2D eigenvalue weighted by atomic mass is 16.3. The lowest BCUT2D eigenvalue weighted by atomic mass is 10.0. The summed E-state index contributed by atoms with van der Waals surface area (Å²) in [5.41, 5.74) is 0. The largest absolute Gasteiger partial charge is 0.394 e. The Labute approximate surface area is 366 Å². The van der Waals surface area contributed by atoms with Crippen molar-refractivity contribution in [1.82, 2.24) is 5.32 Å². The summed E-state index contributed by atoms with van der Waals surface area (Å²) in [4.78, 5) is 12.4. The third-order valence-corrected chi connectivity index (χ3v) is 10.8. The second-order valence-electron chi connectivity index (χ2n) is 16.5. The Morgan fingerprint density at radius 3 is 1.19 bits per heavy atom. The van der Waals surface area contributed by atoms with Crippen LogP contribution in [0.5, 0.6) is 0 Å². The van der Waals surface area contributed by atoms with E-state index < -0.39 is 12.1 Å². The number of carbonyl (C=O) groups excluding carboxylic acids is 1. The van der Waals surface area contributed by atoms with Crippen LogP contribution in [-0.4, -0.2) is 34.9 Å². The van der Waals surface area contributed by atoms with Crippen molar-refractivity contribution in [1.29, 1.82) is 0 Å². The van der Waals surface area contributed by atoms with Gasteiger partial charge in [0, 0.05) is 6.42 Å². The second kappa shape index (κ2) is 49.7. The molecule has 0 aliphatic heterocycles. The first-order valence-electron chi connectivity index (χ1n) is 25.0. The number of unbranched alkanes of at least 4 members (excludes halogenated alkanes) is 23. The Hall–Kier alpha value is -2.69. The minimum Gasteiger partial charge on any atom is -0.394 e. The standard InChI is InChI=1S/C55H95NO3/c1-3-5-7-9-11-13-15-17-19-21-22-23-24-25-26-27-28-29-30-31-32-33-34-35-37-39-41-43-45-47-49-51-55(59)56-53(52-57)54(58)50-48-46-44-42-40-38-36-20-18-16-14-12-10-8-6-4-2/h5,7,11,13,17-20,22-23,25-26,40,42,48,50,53-54,57-58H,3-4,6,8-10,12,14-16,21,24,27-39,41,43-47,49,51-52H2,1-2H3,(H,56,59)/b7-5-,13-11-,19-17-,20-18+,23-22-,26-25-,42-40+,50-48+. The molecular formula is C55H95NO3. The molecule has 2 atom stereocenters. The normalized spacial score (nSPS) is 13.8. The van der Waals surface area contributed by atoms with Crippen LogP contribution in [0.25, 0.3) is 0 Å². The van der Waals surface area contributed by atoms with Crippen LogP contribution in [0.15, 0.2) is 97.2 Å². The number of allylic oxidation sites excluding steroid dienone is 15. The molecule has 0 fully saturated rings. The zero-order chi connectivity index (χ0) is 42.8. The summed E-state index contributed by atoms with van der Waals surface area (Å²) in [5.74, 6) is -0.0817.